The molecule has 17 atom stereocenters. The smallest absolute Gasteiger partial charge is 0.237 e. The summed E-state index contributed by atoms with van der Waals surface area (Å²) in [6.45, 7) is 24.9. The molecule has 384 valence electrons. The molecule has 11 rings (SSSR count). The normalized spacial score (nSPS) is 35.0. The Morgan fingerprint density at radius 1 is 0.671 bits per heavy atom. The molecule has 5 aliphatic carbocycles. The molecular formula is C61H87NO8. The van der Waals surface area contributed by atoms with Crippen molar-refractivity contribution in [1.29, 1.82) is 0 Å². The summed E-state index contributed by atoms with van der Waals surface area (Å²) in [7, 11) is 0. The quantitative estimate of drug-likeness (QED) is 0.0653. The molecule has 9 heteroatoms. The van der Waals surface area contributed by atoms with Crippen LogP contribution >= 0.6 is 0 Å². The molecule has 4 saturated heterocycles. The zero-order valence-corrected chi connectivity index (χ0v) is 43.9. The predicted octanol–water partition coefficient (Wildman–Crippen LogP) is 11.8. The van der Waals surface area contributed by atoms with E-state index in [9.17, 15) is 9.59 Å². The first kappa shape index (κ1) is 51.7. The van der Waals surface area contributed by atoms with Crippen molar-refractivity contribution in [3.05, 3.63) is 89.5 Å². The molecule has 17 unspecified atom stereocenters. The molecule has 3 saturated carbocycles. The lowest BCUT2D eigenvalue weighted by molar-refractivity contribution is -0.125. The molecule has 0 spiro atoms. The third-order valence-electron chi connectivity index (χ3n) is 17.8. The van der Waals surface area contributed by atoms with E-state index in [0.29, 0.717) is 60.2 Å². The molecule has 2 amide bonds. The minimum absolute atomic E-state index is 0.000790. The van der Waals surface area contributed by atoms with Crippen molar-refractivity contribution in [2.24, 2.45) is 76.9 Å². The Hall–Kier alpha value is -3.18. The third-order valence-corrected chi connectivity index (χ3v) is 17.8. The molecule has 4 bridgehead atoms. The molecule has 0 N–H and O–H groups in total. The number of carbonyl (C=O) groups is 2. The van der Waals surface area contributed by atoms with Gasteiger partial charge in [0.1, 0.15) is 18.3 Å². The lowest BCUT2D eigenvalue weighted by Crippen LogP contribution is -2.42. The van der Waals surface area contributed by atoms with Crippen LogP contribution in [0.5, 0.6) is 0 Å². The zero-order valence-electron chi connectivity index (χ0n) is 43.9. The first-order valence-electron chi connectivity index (χ1n) is 27.9. The van der Waals surface area contributed by atoms with Gasteiger partial charge in [-0.3, -0.25) is 9.59 Å². The zero-order chi connectivity index (χ0) is 49.1. The fourth-order valence-corrected chi connectivity index (χ4v) is 14.0. The van der Waals surface area contributed by atoms with E-state index in [1.807, 2.05) is 6.92 Å². The third kappa shape index (κ3) is 12.2. The van der Waals surface area contributed by atoms with Crippen molar-refractivity contribution in [3.63, 3.8) is 0 Å². The average molecular weight is 962 g/mol. The van der Waals surface area contributed by atoms with Gasteiger partial charge in [-0.1, -0.05) is 128 Å². The summed E-state index contributed by atoms with van der Waals surface area (Å²) in [6, 6.07) is 17.1. The van der Waals surface area contributed by atoms with Crippen molar-refractivity contribution < 1.29 is 38.0 Å². The number of benzene rings is 2. The number of anilines is 1. The molecular weight excluding hydrogens is 875 g/mol. The van der Waals surface area contributed by atoms with Crippen molar-refractivity contribution >= 4 is 17.5 Å². The minimum atomic E-state index is -0.285. The number of amides is 2. The van der Waals surface area contributed by atoms with Crippen LogP contribution in [0.1, 0.15) is 135 Å². The first-order chi connectivity index (χ1) is 33.9. The van der Waals surface area contributed by atoms with Crippen LogP contribution < -0.4 is 4.90 Å². The van der Waals surface area contributed by atoms with Crippen molar-refractivity contribution in [2.75, 3.05) is 64.4 Å². The fourth-order valence-electron chi connectivity index (χ4n) is 14.0. The Kier molecular flexibility index (Phi) is 17.3. The SMILES string of the molecule is C1=CC2CC1CC2COCC1CO1.CC(COCC1CO1)CC1C2CC(C3C=CCC32)C1C1C(=O)N(c2c(C(C)C)cccc2C(C)C)C(=O)C1C.CCC(CC(C)COCC1CO1)c1ccccc1. The second-order valence-electron chi connectivity index (χ2n) is 23.8. The van der Waals surface area contributed by atoms with E-state index >= 15 is 0 Å². The van der Waals surface area contributed by atoms with Crippen molar-refractivity contribution in [2.45, 2.75) is 136 Å². The van der Waals surface area contributed by atoms with Crippen molar-refractivity contribution in [1.82, 2.24) is 0 Å². The van der Waals surface area contributed by atoms with Crippen LogP contribution in [0.15, 0.2) is 72.8 Å². The van der Waals surface area contributed by atoms with E-state index in [1.165, 1.54) is 44.1 Å². The van der Waals surface area contributed by atoms with E-state index in [4.69, 9.17) is 28.4 Å². The van der Waals surface area contributed by atoms with Gasteiger partial charge in [0.05, 0.1) is 57.9 Å². The van der Waals surface area contributed by atoms with Crippen LogP contribution in [0.2, 0.25) is 0 Å². The number of ether oxygens (including phenoxy) is 6. The Labute approximate surface area is 421 Å². The highest BCUT2D eigenvalue weighted by Crippen LogP contribution is 2.66. The summed E-state index contributed by atoms with van der Waals surface area (Å²) >= 11 is 0. The summed E-state index contributed by atoms with van der Waals surface area (Å²) < 4.78 is 32.9. The maximum atomic E-state index is 14.6. The Balaban J connectivity index is 0.000000160. The molecule has 2 aromatic rings. The number of nitrogens with zero attached hydrogens (tertiary/aromatic N) is 1. The number of imide groups is 1. The summed E-state index contributed by atoms with van der Waals surface area (Å²) in [5, 5.41) is 0. The topological polar surface area (TPSA) is 103 Å². The molecule has 9 aliphatic rings. The van der Waals surface area contributed by atoms with Gasteiger partial charge in [0.15, 0.2) is 0 Å². The highest BCUT2D eigenvalue weighted by atomic mass is 16.6. The first-order valence-corrected chi connectivity index (χ1v) is 27.9. The van der Waals surface area contributed by atoms with Crippen LogP contribution in [-0.4, -0.2) is 89.6 Å². The Morgan fingerprint density at radius 3 is 1.87 bits per heavy atom. The van der Waals surface area contributed by atoms with Crippen molar-refractivity contribution in [3.8, 4) is 0 Å². The number of rotatable bonds is 22. The van der Waals surface area contributed by atoms with Gasteiger partial charge in [-0.25, -0.2) is 4.90 Å². The number of hydrogen-bond acceptors (Lipinski definition) is 8. The fraction of sp³-hybridized carbons (Fsp3) is 0.705. The minimum Gasteiger partial charge on any atom is -0.378 e. The van der Waals surface area contributed by atoms with Gasteiger partial charge in [0, 0.05) is 19.1 Å². The maximum Gasteiger partial charge on any atom is 0.237 e. The van der Waals surface area contributed by atoms with Gasteiger partial charge < -0.3 is 28.4 Å². The molecule has 9 nitrogen and oxygen atoms in total. The Morgan fingerprint density at radius 2 is 1.30 bits per heavy atom. The number of para-hydroxylation sites is 1. The van der Waals surface area contributed by atoms with E-state index in [2.05, 4.69) is 121 Å². The van der Waals surface area contributed by atoms with E-state index in [0.717, 1.165) is 99.8 Å². The van der Waals surface area contributed by atoms with Gasteiger partial charge in [-0.2, -0.15) is 0 Å². The monoisotopic (exact) mass is 962 g/mol. The number of allylic oxidation sites excluding steroid dienone is 4. The summed E-state index contributed by atoms with van der Waals surface area (Å²) in [5.74, 6) is 7.36. The van der Waals surface area contributed by atoms with Crippen LogP contribution in [0.4, 0.5) is 5.69 Å². The number of epoxide rings is 3. The molecule has 70 heavy (non-hydrogen) atoms. The Bertz CT molecular complexity index is 2060. The highest BCUT2D eigenvalue weighted by molar-refractivity contribution is 6.22. The van der Waals surface area contributed by atoms with Crippen LogP contribution in [0.3, 0.4) is 0 Å². The average Bonchev–Trinajstić information content (AvgIpc) is 4.30. The van der Waals surface area contributed by atoms with Crippen LogP contribution in [-0.2, 0) is 38.0 Å². The summed E-state index contributed by atoms with van der Waals surface area (Å²) in [4.78, 5) is 30.3. The van der Waals surface area contributed by atoms with Crippen LogP contribution in [0, 0.1) is 76.9 Å². The van der Waals surface area contributed by atoms with Gasteiger partial charge >= 0.3 is 0 Å². The number of hydrogen-bond donors (Lipinski definition) is 0. The standard InChI is InChI=1S/C34H47NO4.C16H24O2.C11H16O2/c1-18(2)23-9-7-10-24(19(3)4)32(23)35-33(36)21(6)30(34(35)37)31-28(13-20(5)15-38-16-22-17-39-22)27-14-29(31)26-12-8-11-25(26)27;1-3-14(15-7-5-4-6-8-15)9-13(2)10-17-11-16-12-18-16;1-2-9-3-8(1)4-10(9)5-12-6-11-7-13-11/h7-10,12,18-22,25-31H,11,13-17H2,1-6H3;4-8,13-14,16H,3,9-12H2,1-2H3;1-2,8-11H,3-7H2. The van der Waals surface area contributed by atoms with E-state index < -0.39 is 0 Å². The summed E-state index contributed by atoms with van der Waals surface area (Å²) in [5.41, 5.74) is 4.53. The second kappa shape index (κ2) is 23.4. The van der Waals surface area contributed by atoms with Gasteiger partial charge in [-0.15, -0.1) is 0 Å². The molecule has 7 fully saturated rings. The lowest BCUT2D eigenvalue weighted by Gasteiger charge is -2.42. The van der Waals surface area contributed by atoms with Gasteiger partial charge in [0.25, 0.3) is 0 Å². The number of carbonyl (C=O) groups excluding carboxylic acids is 2. The predicted molar refractivity (Wildman–Crippen MR) is 277 cm³/mol. The van der Waals surface area contributed by atoms with E-state index in [1.54, 1.807) is 4.90 Å². The van der Waals surface area contributed by atoms with Gasteiger partial charge in [-0.05, 0) is 144 Å². The maximum absolute atomic E-state index is 14.6. The largest absolute Gasteiger partial charge is 0.378 e. The molecule has 0 aromatic heterocycles. The lowest BCUT2D eigenvalue weighted by atomic mass is 9.61. The molecule has 0 radical (unpaired) electrons. The summed E-state index contributed by atoms with van der Waals surface area (Å²) in [6.07, 6.45) is 19.3. The highest BCUT2D eigenvalue weighted by Gasteiger charge is 2.64. The van der Waals surface area contributed by atoms with Crippen LogP contribution in [0.25, 0.3) is 0 Å². The molecule has 4 aliphatic heterocycles. The molecule has 4 heterocycles. The molecule has 2 aromatic carbocycles. The number of fused-ring (bicyclic) bond motifs is 7. The van der Waals surface area contributed by atoms with Gasteiger partial charge in [0.2, 0.25) is 11.8 Å². The second-order valence-corrected chi connectivity index (χ2v) is 23.8. The van der Waals surface area contributed by atoms with E-state index in [-0.39, 0.29) is 47.5 Å².